The first kappa shape index (κ1) is 12.6. The Balaban J connectivity index is 1.75. The Morgan fingerprint density at radius 2 is 2.24 bits per heavy atom. The number of aromatic nitrogens is 2. The number of rotatable bonds is 5. The Labute approximate surface area is 103 Å². The molecule has 0 amide bonds. The van der Waals surface area contributed by atoms with Crippen LogP contribution < -0.4 is 5.32 Å². The van der Waals surface area contributed by atoms with Crippen LogP contribution in [0.15, 0.2) is 6.07 Å². The van der Waals surface area contributed by atoms with Gasteiger partial charge in [0.05, 0.1) is 11.4 Å². The van der Waals surface area contributed by atoms with Crippen LogP contribution in [0.5, 0.6) is 0 Å². The maximum absolute atomic E-state index is 5.36. The highest BCUT2D eigenvalue weighted by atomic mass is 16.5. The van der Waals surface area contributed by atoms with Gasteiger partial charge in [0, 0.05) is 26.8 Å². The van der Waals surface area contributed by atoms with Crippen molar-refractivity contribution in [3.05, 3.63) is 17.5 Å². The summed E-state index contributed by atoms with van der Waals surface area (Å²) in [6.45, 7) is 6.01. The molecule has 0 aromatic carbocycles. The third-order valence-electron chi connectivity index (χ3n) is 3.47. The van der Waals surface area contributed by atoms with Gasteiger partial charge >= 0.3 is 0 Å². The van der Waals surface area contributed by atoms with Crippen molar-refractivity contribution >= 4 is 0 Å². The summed E-state index contributed by atoms with van der Waals surface area (Å²) in [6, 6.07) is 2.19. The van der Waals surface area contributed by atoms with E-state index in [1.54, 1.807) is 0 Å². The van der Waals surface area contributed by atoms with Crippen molar-refractivity contribution in [3.63, 3.8) is 0 Å². The fourth-order valence-electron chi connectivity index (χ4n) is 2.26. The van der Waals surface area contributed by atoms with E-state index in [1.807, 2.05) is 11.7 Å². The summed E-state index contributed by atoms with van der Waals surface area (Å²) in [5.74, 6) is 0.780. The minimum atomic E-state index is 0.780. The van der Waals surface area contributed by atoms with Crippen LogP contribution in [-0.4, -0.2) is 29.5 Å². The Morgan fingerprint density at radius 3 is 2.88 bits per heavy atom. The van der Waals surface area contributed by atoms with Gasteiger partial charge in [0.1, 0.15) is 0 Å². The molecule has 0 saturated carbocycles. The highest BCUT2D eigenvalue weighted by molar-refractivity contribution is 5.09. The van der Waals surface area contributed by atoms with Gasteiger partial charge in [-0.2, -0.15) is 5.10 Å². The molecule has 1 aliphatic rings. The molecule has 0 spiro atoms. The van der Waals surface area contributed by atoms with Gasteiger partial charge in [-0.05, 0) is 37.8 Å². The van der Waals surface area contributed by atoms with Crippen LogP contribution in [0.2, 0.25) is 0 Å². The molecule has 1 N–H and O–H groups in total. The van der Waals surface area contributed by atoms with Gasteiger partial charge in [0.2, 0.25) is 0 Å². The van der Waals surface area contributed by atoms with E-state index >= 15 is 0 Å². The molecule has 4 nitrogen and oxygen atoms in total. The second-order valence-corrected chi connectivity index (χ2v) is 4.79. The van der Waals surface area contributed by atoms with E-state index in [4.69, 9.17) is 4.74 Å². The van der Waals surface area contributed by atoms with Crippen LogP contribution in [0, 0.1) is 5.92 Å². The molecule has 1 aliphatic heterocycles. The third kappa shape index (κ3) is 3.54. The lowest BCUT2D eigenvalue weighted by Gasteiger charge is -2.22. The summed E-state index contributed by atoms with van der Waals surface area (Å²) in [6.07, 6.45) is 3.39. The molecule has 17 heavy (non-hydrogen) atoms. The van der Waals surface area contributed by atoms with Crippen LogP contribution in [0.25, 0.3) is 0 Å². The van der Waals surface area contributed by atoms with Crippen molar-refractivity contribution in [3.8, 4) is 0 Å². The second kappa shape index (κ2) is 6.17. The molecule has 1 aromatic heterocycles. The Bertz CT molecular complexity index is 342. The molecule has 96 valence electrons. The van der Waals surface area contributed by atoms with Crippen LogP contribution >= 0.6 is 0 Å². The number of ether oxygens (including phenoxy) is 1. The fourth-order valence-corrected chi connectivity index (χ4v) is 2.26. The minimum Gasteiger partial charge on any atom is -0.381 e. The zero-order valence-electron chi connectivity index (χ0n) is 10.9. The van der Waals surface area contributed by atoms with E-state index in [-0.39, 0.29) is 0 Å². The maximum Gasteiger partial charge on any atom is 0.0625 e. The number of nitrogens with zero attached hydrogens (tertiary/aromatic N) is 2. The topological polar surface area (TPSA) is 39.1 Å². The molecule has 1 saturated heterocycles. The van der Waals surface area contributed by atoms with Gasteiger partial charge in [0.25, 0.3) is 0 Å². The van der Waals surface area contributed by atoms with Gasteiger partial charge in [-0.25, -0.2) is 0 Å². The Kier molecular flexibility index (Phi) is 4.57. The predicted molar refractivity (Wildman–Crippen MR) is 67.8 cm³/mol. The van der Waals surface area contributed by atoms with Crippen molar-refractivity contribution in [1.29, 1.82) is 0 Å². The number of hydrogen-bond donors (Lipinski definition) is 1. The van der Waals surface area contributed by atoms with Crippen molar-refractivity contribution in [2.24, 2.45) is 13.0 Å². The summed E-state index contributed by atoms with van der Waals surface area (Å²) in [5, 5.41) is 7.98. The van der Waals surface area contributed by atoms with Gasteiger partial charge in [-0.1, -0.05) is 6.92 Å². The lowest BCUT2D eigenvalue weighted by Crippen LogP contribution is -2.28. The van der Waals surface area contributed by atoms with E-state index in [2.05, 4.69) is 23.4 Å². The van der Waals surface area contributed by atoms with E-state index in [0.29, 0.717) is 0 Å². The molecule has 2 rings (SSSR count). The zero-order valence-corrected chi connectivity index (χ0v) is 10.9. The summed E-state index contributed by atoms with van der Waals surface area (Å²) in [5.41, 5.74) is 2.45. The molecule has 0 unspecified atom stereocenters. The molecule has 2 heterocycles. The van der Waals surface area contributed by atoms with E-state index in [1.165, 1.54) is 24.2 Å². The number of hydrogen-bond acceptors (Lipinski definition) is 3. The van der Waals surface area contributed by atoms with Gasteiger partial charge < -0.3 is 10.1 Å². The molecule has 0 radical (unpaired) electrons. The fraction of sp³-hybridized carbons (Fsp3) is 0.769. The molecular formula is C13H23N3O. The standard InChI is InChI=1S/C13H23N3O/c1-3-12-8-13(16(2)15-12)10-14-9-11-4-6-17-7-5-11/h8,11,14H,3-7,9-10H2,1-2H3. The molecule has 4 heteroatoms. The molecular weight excluding hydrogens is 214 g/mol. The van der Waals surface area contributed by atoms with Crippen molar-refractivity contribution in [2.45, 2.75) is 32.7 Å². The first-order valence-corrected chi connectivity index (χ1v) is 6.60. The first-order valence-electron chi connectivity index (χ1n) is 6.60. The zero-order chi connectivity index (χ0) is 12.1. The van der Waals surface area contributed by atoms with Gasteiger partial charge in [-0.15, -0.1) is 0 Å². The highest BCUT2D eigenvalue weighted by Gasteiger charge is 2.13. The smallest absolute Gasteiger partial charge is 0.0625 e. The average molecular weight is 237 g/mol. The van der Waals surface area contributed by atoms with E-state index < -0.39 is 0 Å². The van der Waals surface area contributed by atoms with Crippen molar-refractivity contribution < 1.29 is 4.74 Å². The summed E-state index contributed by atoms with van der Waals surface area (Å²) in [4.78, 5) is 0. The molecule has 0 atom stereocenters. The molecule has 0 aliphatic carbocycles. The van der Waals surface area contributed by atoms with Crippen LogP contribution in [0.4, 0.5) is 0 Å². The number of nitrogens with one attached hydrogen (secondary N) is 1. The molecule has 1 aromatic rings. The van der Waals surface area contributed by atoms with Gasteiger partial charge in [0.15, 0.2) is 0 Å². The average Bonchev–Trinajstić information content (AvgIpc) is 2.72. The summed E-state index contributed by atoms with van der Waals surface area (Å²) >= 11 is 0. The van der Waals surface area contributed by atoms with Crippen molar-refractivity contribution in [2.75, 3.05) is 19.8 Å². The SMILES string of the molecule is CCc1cc(CNCC2CCOCC2)n(C)n1. The summed E-state index contributed by atoms with van der Waals surface area (Å²) < 4.78 is 7.34. The quantitative estimate of drug-likeness (QED) is 0.843. The van der Waals surface area contributed by atoms with E-state index in [0.717, 1.165) is 38.6 Å². The first-order chi connectivity index (χ1) is 8.29. The lowest BCUT2D eigenvalue weighted by atomic mass is 10.0. The highest BCUT2D eigenvalue weighted by Crippen LogP contribution is 2.13. The largest absolute Gasteiger partial charge is 0.381 e. The van der Waals surface area contributed by atoms with E-state index in [9.17, 15) is 0 Å². The molecule has 1 fully saturated rings. The van der Waals surface area contributed by atoms with Gasteiger partial charge in [-0.3, -0.25) is 4.68 Å². The monoisotopic (exact) mass is 237 g/mol. The van der Waals surface area contributed by atoms with Crippen LogP contribution in [0.3, 0.4) is 0 Å². The normalized spacial score (nSPS) is 17.5. The molecule has 0 bridgehead atoms. The summed E-state index contributed by atoms with van der Waals surface area (Å²) in [7, 11) is 2.02. The number of aryl methyl sites for hydroxylation is 2. The lowest BCUT2D eigenvalue weighted by molar-refractivity contribution is 0.0662. The van der Waals surface area contributed by atoms with Crippen molar-refractivity contribution in [1.82, 2.24) is 15.1 Å². The van der Waals surface area contributed by atoms with Crippen LogP contribution in [-0.2, 0) is 24.8 Å². The Morgan fingerprint density at radius 1 is 1.47 bits per heavy atom. The second-order valence-electron chi connectivity index (χ2n) is 4.79. The van der Waals surface area contributed by atoms with Crippen LogP contribution in [0.1, 0.15) is 31.2 Å². The maximum atomic E-state index is 5.36. The third-order valence-corrected chi connectivity index (χ3v) is 3.47. The minimum absolute atomic E-state index is 0.780. The Hall–Kier alpha value is -0.870. The predicted octanol–water partition coefficient (Wildman–Crippen LogP) is 1.50.